The predicted octanol–water partition coefficient (Wildman–Crippen LogP) is 3.44. The van der Waals surface area contributed by atoms with Gasteiger partial charge in [-0.3, -0.25) is 0 Å². The van der Waals surface area contributed by atoms with Crippen LogP contribution in [-0.2, 0) is 0 Å². The zero-order valence-electron chi connectivity index (χ0n) is 9.67. The van der Waals surface area contributed by atoms with E-state index in [1.807, 2.05) is 0 Å². The number of rotatable bonds is 4. The molecule has 1 atom stereocenters. The summed E-state index contributed by atoms with van der Waals surface area (Å²) in [6, 6.07) is -0.820. The molecule has 1 aliphatic carbocycles. The van der Waals surface area contributed by atoms with E-state index in [9.17, 15) is 22.0 Å². The van der Waals surface area contributed by atoms with Gasteiger partial charge in [-0.15, -0.1) is 0 Å². The van der Waals surface area contributed by atoms with Crippen molar-refractivity contribution in [3.8, 4) is 0 Å². The summed E-state index contributed by atoms with van der Waals surface area (Å²) in [6.07, 6.45) is 1.44. The molecule has 1 nitrogen and oxygen atoms in total. The molecule has 2 rings (SSSR count). The van der Waals surface area contributed by atoms with Gasteiger partial charge in [-0.25, -0.2) is 22.0 Å². The topological polar surface area (TPSA) is 12.0 Å². The average molecular weight is 265 g/mol. The Bertz CT molecular complexity index is 441. The Morgan fingerprint density at radius 2 is 1.39 bits per heavy atom. The van der Waals surface area contributed by atoms with Gasteiger partial charge in [0.1, 0.15) is 0 Å². The molecule has 0 saturated heterocycles. The van der Waals surface area contributed by atoms with E-state index >= 15 is 0 Å². The second-order valence-corrected chi connectivity index (χ2v) is 4.36. The fourth-order valence-electron chi connectivity index (χ4n) is 2.05. The summed E-state index contributed by atoms with van der Waals surface area (Å²) in [7, 11) is 0. The molecule has 1 aromatic carbocycles. The maximum atomic E-state index is 13.6. The van der Waals surface area contributed by atoms with Crippen molar-refractivity contribution in [2.75, 3.05) is 6.54 Å². The predicted molar refractivity (Wildman–Crippen MR) is 55.4 cm³/mol. The lowest BCUT2D eigenvalue weighted by molar-refractivity contribution is 0.349. The number of benzene rings is 1. The third-order valence-corrected chi connectivity index (χ3v) is 3.07. The van der Waals surface area contributed by atoms with E-state index in [1.54, 1.807) is 6.92 Å². The minimum Gasteiger partial charge on any atom is -0.310 e. The van der Waals surface area contributed by atoms with Crippen LogP contribution in [0.25, 0.3) is 0 Å². The number of hydrogen-bond donors (Lipinski definition) is 1. The normalized spacial score (nSPS) is 17.0. The standard InChI is InChI=1S/C12H12F5N/c1-2-18-12(5-3-4-5)6-7(13)9(15)11(17)10(16)8(6)14/h5,12,18H,2-4H2,1H3. The van der Waals surface area contributed by atoms with Crippen molar-refractivity contribution in [2.24, 2.45) is 5.92 Å². The second kappa shape index (κ2) is 4.84. The van der Waals surface area contributed by atoms with E-state index in [0.29, 0.717) is 6.54 Å². The molecule has 1 aromatic rings. The van der Waals surface area contributed by atoms with Crippen LogP contribution in [0.5, 0.6) is 0 Å². The van der Waals surface area contributed by atoms with Crippen molar-refractivity contribution in [1.29, 1.82) is 0 Å². The summed E-state index contributed by atoms with van der Waals surface area (Å²) < 4.78 is 66.3. The van der Waals surface area contributed by atoms with Gasteiger partial charge >= 0.3 is 0 Å². The van der Waals surface area contributed by atoms with Gasteiger partial charge in [0.25, 0.3) is 0 Å². The highest BCUT2D eigenvalue weighted by molar-refractivity contribution is 5.28. The lowest BCUT2D eigenvalue weighted by Gasteiger charge is -2.19. The molecule has 1 N–H and O–H groups in total. The van der Waals surface area contributed by atoms with Crippen molar-refractivity contribution in [1.82, 2.24) is 5.32 Å². The van der Waals surface area contributed by atoms with Crippen LogP contribution in [0.2, 0.25) is 0 Å². The quantitative estimate of drug-likeness (QED) is 0.499. The average Bonchev–Trinajstić information content (AvgIpc) is 3.17. The Labute approximate surface area is 101 Å². The Balaban J connectivity index is 2.54. The first kappa shape index (κ1) is 13.3. The summed E-state index contributed by atoms with van der Waals surface area (Å²) in [5, 5.41) is 2.78. The van der Waals surface area contributed by atoms with Crippen molar-refractivity contribution < 1.29 is 22.0 Å². The molecule has 0 aromatic heterocycles. The molecule has 0 aliphatic heterocycles. The van der Waals surface area contributed by atoms with Crippen molar-refractivity contribution in [3.63, 3.8) is 0 Å². The Kier molecular flexibility index (Phi) is 3.56. The lowest BCUT2D eigenvalue weighted by atomic mass is 10.00. The van der Waals surface area contributed by atoms with Crippen LogP contribution in [0, 0.1) is 35.0 Å². The number of halogens is 5. The molecule has 18 heavy (non-hydrogen) atoms. The molecule has 0 spiro atoms. The molecule has 100 valence electrons. The van der Waals surface area contributed by atoms with Crippen molar-refractivity contribution in [3.05, 3.63) is 34.6 Å². The van der Waals surface area contributed by atoms with E-state index in [1.165, 1.54) is 0 Å². The Morgan fingerprint density at radius 3 is 1.78 bits per heavy atom. The summed E-state index contributed by atoms with van der Waals surface area (Å²) in [6.45, 7) is 2.10. The molecule has 1 saturated carbocycles. The molecular formula is C12H12F5N. The van der Waals surface area contributed by atoms with Gasteiger partial charge in [0.2, 0.25) is 5.82 Å². The third-order valence-electron chi connectivity index (χ3n) is 3.07. The second-order valence-electron chi connectivity index (χ2n) is 4.36. The summed E-state index contributed by atoms with van der Waals surface area (Å²) in [5.41, 5.74) is -0.740. The monoisotopic (exact) mass is 265 g/mol. The molecule has 0 heterocycles. The van der Waals surface area contributed by atoms with Crippen molar-refractivity contribution >= 4 is 0 Å². The van der Waals surface area contributed by atoms with Gasteiger partial charge in [-0.05, 0) is 25.3 Å². The van der Waals surface area contributed by atoms with E-state index in [2.05, 4.69) is 5.32 Å². The number of hydrogen-bond acceptors (Lipinski definition) is 1. The molecular weight excluding hydrogens is 253 g/mol. The van der Waals surface area contributed by atoms with E-state index < -0.39 is 40.7 Å². The summed E-state index contributed by atoms with van der Waals surface area (Å²) >= 11 is 0. The van der Waals surface area contributed by atoms with Crippen molar-refractivity contribution in [2.45, 2.75) is 25.8 Å². The highest BCUT2D eigenvalue weighted by Crippen LogP contribution is 2.43. The largest absolute Gasteiger partial charge is 0.310 e. The summed E-state index contributed by atoms with van der Waals surface area (Å²) in [5.74, 6) is -9.41. The van der Waals surface area contributed by atoms with Crippen LogP contribution in [0.3, 0.4) is 0 Å². The van der Waals surface area contributed by atoms with Crippen LogP contribution in [0.1, 0.15) is 31.4 Å². The van der Waals surface area contributed by atoms with Crippen LogP contribution in [0.15, 0.2) is 0 Å². The highest BCUT2D eigenvalue weighted by Gasteiger charge is 2.38. The molecule has 1 fully saturated rings. The molecule has 0 radical (unpaired) electrons. The first-order valence-corrected chi connectivity index (χ1v) is 5.73. The first-order chi connectivity index (χ1) is 8.49. The molecule has 6 heteroatoms. The van der Waals surface area contributed by atoms with Gasteiger partial charge in [0, 0.05) is 11.6 Å². The zero-order valence-corrected chi connectivity index (χ0v) is 9.67. The van der Waals surface area contributed by atoms with Crippen LogP contribution in [0.4, 0.5) is 22.0 Å². The maximum absolute atomic E-state index is 13.6. The number of nitrogens with one attached hydrogen (secondary N) is 1. The van der Waals surface area contributed by atoms with Crippen LogP contribution < -0.4 is 5.32 Å². The Morgan fingerprint density at radius 1 is 0.944 bits per heavy atom. The third kappa shape index (κ3) is 2.09. The highest BCUT2D eigenvalue weighted by atomic mass is 19.2. The smallest absolute Gasteiger partial charge is 0.200 e. The van der Waals surface area contributed by atoms with Gasteiger partial charge in [0.15, 0.2) is 23.3 Å². The molecule has 1 unspecified atom stereocenters. The van der Waals surface area contributed by atoms with Gasteiger partial charge in [-0.1, -0.05) is 6.92 Å². The van der Waals surface area contributed by atoms with Crippen LogP contribution >= 0.6 is 0 Å². The minimum atomic E-state index is -2.11. The van der Waals surface area contributed by atoms with Gasteiger partial charge in [0.05, 0.1) is 0 Å². The summed E-state index contributed by atoms with van der Waals surface area (Å²) in [4.78, 5) is 0. The van der Waals surface area contributed by atoms with Gasteiger partial charge < -0.3 is 5.32 Å². The molecule has 0 bridgehead atoms. The zero-order chi connectivity index (χ0) is 13.4. The fraction of sp³-hybridized carbons (Fsp3) is 0.500. The lowest BCUT2D eigenvalue weighted by Crippen LogP contribution is -2.26. The fourth-order valence-corrected chi connectivity index (χ4v) is 2.05. The van der Waals surface area contributed by atoms with E-state index in [4.69, 9.17) is 0 Å². The first-order valence-electron chi connectivity index (χ1n) is 5.73. The minimum absolute atomic E-state index is 0.0711. The van der Waals surface area contributed by atoms with E-state index in [0.717, 1.165) is 12.8 Å². The maximum Gasteiger partial charge on any atom is 0.200 e. The molecule has 1 aliphatic rings. The molecule has 0 amide bonds. The van der Waals surface area contributed by atoms with Crippen LogP contribution in [-0.4, -0.2) is 6.54 Å². The van der Waals surface area contributed by atoms with Gasteiger partial charge in [-0.2, -0.15) is 0 Å². The van der Waals surface area contributed by atoms with E-state index in [-0.39, 0.29) is 5.92 Å². The SMILES string of the molecule is CCNC(c1c(F)c(F)c(F)c(F)c1F)C1CC1. The Hall–Kier alpha value is -1.17.